The molecule has 0 atom stereocenters. The van der Waals surface area contributed by atoms with Crippen molar-refractivity contribution in [3.8, 4) is 0 Å². The third-order valence-corrected chi connectivity index (χ3v) is 4.97. The molecule has 110 valence electrons. The molecular formula is C16H30N2O. The molecule has 2 rings (SSSR count). The molecule has 0 radical (unpaired) electrons. The molecule has 0 unspecified atom stereocenters. The average Bonchev–Trinajstić information content (AvgIpc) is 2.84. The maximum Gasteiger partial charge on any atom is 0.233 e. The van der Waals surface area contributed by atoms with E-state index in [0.717, 1.165) is 6.54 Å². The highest BCUT2D eigenvalue weighted by Crippen LogP contribution is 2.48. The summed E-state index contributed by atoms with van der Waals surface area (Å²) in [6.45, 7) is 5.52. The topological polar surface area (TPSA) is 41.1 Å². The molecule has 0 heterocycles. The Morgan fingerprint density at radius 3 is 2.37 bits per heavy atom. The summed E-state index contributed by atoms with van der Waals surface area (Å²) in [5.41, 5.74) is 0.693. The molecule has 0 aromatic heterocycles. The van der Waals surface area contributed by atoms with Crippen LogP contribution in [0, 0.1) is 11.3 Å². The number of hydrogen-bond acceptors (Lipinski definition) is 2. The van der Waals surface area contributed by atoms with Crippen LogP contribution in [0.15, 0.2) is 0 Å². The van der Waals surface area contributed by atoms with E-state index in [1.807, 2.05) is 0 Å². The molecule has 0 aliphatic heterocycles. The summed E-state index contributed by atoms with van der Waals surface area (Å²) in [7, 11) is 0. The van der Waals surface area contributed by atoms with E-state index >= 15 is 0 Å². The number of amides is 1. The van der Waals surface area contributed by atoms with E-state index in [-0.39, 0.29) is 5.91 Å². The Labute approximate surface area is 117 Å². The van der Waals surface area contributed by atoms with Crippen LogP contribution in [0.2, 0.25) is 0 Å². The molecule has 2 fully saturated rings. The van der Waals surface area contributed by atoms with E-state index in [1.54, 1.807) is 0 Å². The van der Waals surface area contributed by atoms with E-state index in [0.29, 0.717) is 23.9 Å². The zero-order valence-electron chi connectivity index (χ0n) is 12.6. The van der Waals surface area contributed by atoms with Crippen molar-refractivity contribution in [3.05, 3.63) is 0 Å². The highest BCUT2D eigenvalue weighted by Gasteiger charge is 2.37. The summed E-state index contributed by atoms with van der Waals surface area (Å²) in [6, 6.07) is 0.566. The lowest BCUT2D eigenvalue weighted by Crippen LogP contribution is -2.42. The first kappa shape index (κ1) is 14.8. The molecule has 2 saturated carbocycles. The molecule has 2 aliphatic rings. The molecule has 1 amide bonds. The van der Waals surface area contributed by atoms with Crippen molar-refractivity contribution in [1.82, 2.24) is 10.6 Å². The van der Waals surface area contributed by atoms with Gasteiger partial charge in [-0.25, -0.2) is 0 Å². The Kier molecular flexibility index (Phi) is 5.26. The van der Waals surface area contributed by atoms with Gasteiger partial charge in [0.05, 0.1) is 6.54 Å². The maximum absolute atomic E-state index is 11.7. The van der Waals surface area contributed by atoms with Crippen molar-refractivity contribution in [2.24, 2.45) is 11.3 Å². The fraction of sp³-hybridized carbons (Fsp3) is 0.938. The second-order valence-electron chi connectivity index (χ2n) is 7.06. The standard InChI is InChI=1S/C16H30N2O/c1-13(2)11-18-15(19)12-17-14-5-9-16(10-6-14)7-3-4-8-16/h13-14,17H,3-12H2,1-2H3,(H,18,19). The van der Waals surface area contributed by atoms with Crippen molar-refractivity contribution >= 4 is 5.91 Å². The quantitative estimate of drug-likeness (QED) is 0.803. The third-order valence-electron chi connectivity index (χ3n) is 4.97. The summed E-state index contributed by atoms with van der Waals surface area (Å²) in [5, 5.41) is 6.41. The predicted octanol–water partition coefficient (Wildman–Crippen LogP) is 2.85. The first-order valence-electron chi connectivity index (χ1n) is 8.10. The van der Waals surface area contributed by atoms with E-state index in [4.69, 9.17) is 0 Å². The number of carbonyl (C=O) groups is 1. The van der Waals surface area contributed by atoms with Gasteiger partial charge in [-0.15, -0.1) is 0 Å². The normalized spacial score (nSPS) is 23.1. The Bertz CT molecular complexity index is 285. The molecule has 0 aromatic rings. The molecule has 0 aromatic carbocycles. The predicted molar refractivity (Wildman–Crippen MR) is 79.0 cm³/mol. The lowest BCUT2D eigenvalue weighted by molar-refractivity contribution is -0.120. The monoisotopic (exact) mass is 266 g/mol. The average molecular weight is 266 g/mol. The molecular weight excluding hydrogens is 236 g/mol. The third kappa shape index (κ3) is 4.48. The van der Waals surface area contributed by atoms with Gasteiger partial charge in [-0.3, -0.25) is 4.79 Å². The number of nitrogens with one attached hydrogen (secondary N) is 2. The van der Waals surface area contributed by atoms with Crippen molar-refractivity contribution in [3.63, 3.8) is 0 Å². The molecule has 3 nitrogen and oxygen atoms in total. The lowest BCUT2D eigenvalue weighted by atomic mass is 9.71. The van der Waals surface area contributed by atoms with Gasteiger partial charge in [-0.1, -0.05) is 26.7 Å². The summed E-state index contributed by atoms with van der Waals surface area (Å²) < 4.78 is 0. The van der Waals surface area contributed by atoms with Gasteiger partial charge < -0.3 is 10.6 Å². The summed E-state index contributed by atoms with van der Waals surface area (Å²) in [4.78, 5) is 11.7. The van der Waals surface area contributed by atoms with Crippen LogP contribution in [0.25, 0.3) is 0 Å². The smallest absolute Gasteiger partial charge is 0.233 e. The Morgan fingerprint density at radius 1 is 1.16 bits per heavy atom. The largest absolute Gasteiger partial charge is 0.355 e. The van der Waals surface area contributed by atoms with Crippen LogP contribution in [-0.4, -0.2) is 25.0 Å². The van der Waals surface area contributed by atoms with Crippen LogP contribution in [0.5, 0.6) is 0 Å². The molecule has 19 heavy (non-hydrogen) atoms. The minimum Gasteiger partial charge on any atom is -0.355 e. The minimum atomic E-state index is 0.148. The minimum absolute atomic E-state index is 0.148. The molecule has 1 spiro atoms. The number of rotatable bonds is 5. The van der Waals surface area contributed by atoms with Crippen molar-refractivity contribution in [1.29, 1.82) is 0 Å². The van der Waals surface area contributed by atoms with Crippen molar-refractivity contribution in [2.45, 2.75) is 71.3 Å². The van der Waals surface area contributed by atoms with Crippen LogP contribution in [0.3, 0.4) is 0 Å². The first-order valence-corrected chi connectivity index (χ1v) is 8.10. The van der Waals surface area contributed by atoms with Crippen molar-refractivity contribution < 1.29 is 4.79 Å². The summed E-state index contributed by atoms with van der Waals surface area (Å²) in [5.74, 6) is 0.677. The number of hydrogen-bond donors (Lipinski definition) is 2. The van der Waals surface area contributed by atoms with Gasteiger partial charge >= 0.3 is 0 Å². The highest BCUT2D eigenvalue weighted by atomic mass is 16.1. The Balaban J connectivity index is 1.61. The summed E-state index contributed by atoms with van der Waals surface area (Å²) in [6.07, 6.45) is 11.1. The van der Waals surface area contributed by atoms with Crippen LogP contribution >= 0.6 is 0 Å². The maximum atomic E-state index is 11.7. The van der Waals surface area contributed by atoms with Gasteiger partial charge in [0, 0.05) is 12.6 Å². The zero-order valence-corrected chi connectivity index (χ0v) is 12.6. The van der Waals surface area contributed by atoms with Crippen LogP contribution in [-0.2, 0) is 4.79 Å². The second kappa shape index (κ2) is 6.74. The SMILES string of the molecule is CC(C)CNC(=O)CNC1CCC2(CCCC2)CC1. The number of carbonyl (C=O) groups excluding carboxylic acids is 1. The van der Waals surface area contributed by atoms with Gasteiger partial charge in [-0.05, 0) is 49.9 Å². The molecule has 0 saturated heterocycles. The van der Waals surface area contributed by atoms with Gasteiger partial charge in [0.25, 0.3) is 0 Å². The molecule has 3 heteroatoms. The van der Waals surface area contributed by atoms with Crippen molar-refractivity contribution in [2.75, 3.05) is 13.1 Å². The van der Waals surface area contributed by atoms with E-state index in [2.05, 4.69) is 24.5 Å². The van der Waals surface area contributed by atoms with E-state index in [9.17, 15) is 4.79 Å². The molecule has 0 bridgehead atoms. The van der Waals surface area contributed by atoms with Gasteiger partial charge in [0.1, 0.15) is 0 Å². The fourth-order valence-electron chi connectivity index (χ4n) is 3.68. The summed E-state index contributed by atoms with van der Waals surface area (Å²) >= 11 is 0. The zero-order chi connectivity index (χ0) is 13.7. The fourth-order valence-corrected chi connectivity index (χ4v) is 3.68. The Morgan fingerprint density at radius 2 is 1.79 bits per heavy atom. The second-order valence-corrected chi connectivity index (χ2v) is 7.06. The lowest BCUT2D eigenvalue weighted by Gasteiger charge is -2.37. The van der Waals surface area contributed by atoms with E-state index < -0.39 is 0 Å². The van der Waals surface area contributed by atoms with Crippen LogP contribution in [0.1, 0.15) is 65.2 Å². The van der Waals surface area contributed by atoms with Crippen LogP contribution in [0.4, 0.5) is 0 Å². The Hall–Kier alpha value is -0.570. The van der Waals surface area contributed by atoms with E-state index in [1.165, 1.54) is 51.4 Å². The first-order chi connectivity index (χ1) is 9.10. The van der Waals surface area contributed by atoms with Gasteiger partial charge in [0.2, 0.25) is 5.91 Å². The van der Waals surface area contributed by atoms with Gasteiger partial charge in [-0.2, -0.15) is 0 Å². The molecule has 2 aliphatic carbocycles. The van der Waals surface area contributed by atoms with Crippen LogP contribution < -0.4 is 10.6 Å². The highest BCUT2D eigenvalue weighted by molar-refractivity contribution is 5.77. The van der Waals surface area contributed by atoms with Gasteiger partial charge in [0.15, 0.2) is 0 Å². The molecule has 2 N–H and O–H groups in total.